The summed E-state index contributed by atoms with van der Waals surface area (Å²) in [7, 11) is 0. The van der Waals surface area contributed by atoms with E-state index < -0.39 is 5.97 Å². The van der Waals surface area contributed by atoms with Crippen LogP contribution in [0.2, 0.25) is 0 Å². The van der Waals surface area contributed by atoms with Crippen molar-refractivity contribution in [1.29, 1.82) is 0 Å². The minimum absolute atomic E-state index is 0.0397. The second-order valence-electron chi connectivity index (χ2n) is 3.78. The molecule has 2 aromatic rings. The van der Waals surface area contributed by atoms with E-state index in [9.17, 15) is 9.18 Å². The van der Waals surface area contributed by atoms with Gasteiger partial charge < -0.3 is 9.84 Å². The zero-order chi connectivity index (χ0) is 13.8. The highest BCUT2D eigenvalue weighted by Gasteiger charge is 2.05. The quantitative estimate of drug-likeness (QED) is 0.937. The van der Waals surface area contributed by atoms with Crippen molar-refractivity contribution < 1.29 is 19.0 Å². The molecular weight excluding hydrogens is 317 g/mol. The summed E-state index contributed by atoms with van der Waals surface area (Å²) < 4.78 is 19.1. The van der Waals surface area contributed by atoms with Crippen molar-refractivity contribution in [3.05, 3.63) is 58.1 Å². The summed E-state index contributed by atoms with van der Waals surface area (Å²) in [6.07, 6.45) is 2.63. The van der Waals surface area contributed by atoms with Crippen LogP contribution in [-0.2, 0) is 6.61 Å². The lowest BCUT2D eigenvalue weighted by Crippen LogP contribution is -2.00. The molecular formula is C13H9BrFNO3. The van der Waals surface area contributed by atoms with E-state index in [2.05, 4.69) is 20.9 Å². The van der Waals surface area contributed by atoms with E-state index in [-0.39, 0.29) is 18.0 Å². The first kappa shape index (κ1) is 13.5. The average molecular weight is 326 g/mol. The second-order valence-corrected chi connectivity index (χ2v) is 4.70. The van der Waals surface area contributed by atoms with E-state index in [4.69, 9.17) is 9.84 Å². The van der Waals surface area contributed by atoms with Crippen molar-refractivity contribution in [3.8, 4) is 5.75 Å². The van der Waals surface area contributed by atoms with Gasteiger partial charge in [0, 0.05) is 10.7 Å². The van der Waals surface area contributed by atoms with E-state index in [0.29, 0.717) is 15.8 Å². The van der Waals surface area contributed by atoms with Crippen LogP contribution >= 0.6 is 15.9 Å². The molecule has 1 aromatic heterocycles. The smallest absolute Gasteiger partial charge is 0.337 e. The summed E-state index contributed by atoms with van der Waals surface area (Å²) in [4.78, 5) is 14.5. The van der Waals surface area contributed by atoms with E-state index >= 15 is 0 Å². The number of carboxylic acids is 1. The fraction of sp³-hybridized carbons (Fsp3) is 0.0769. The number of aromatic carboxylic acids is 1. The van der Waals surface area contributed by atoms with Crippen LogP contribution in [0.25, 0.3) is 0 Å². The second kappa shape index (κ2) is 5.79. The summed E-state index contributed by atoms with van der Waals surface area (Å²) in [6.45, 7) is 0.126. The number of carboxylic acid groups (broad SMARTS) is 1. The number of ether oxygens (including phenoxy) is 1. The van der Waals surface area contributed by atoms with Crippen LogP contribution in [0.1, 0.15) is 15.9 Å². The Bertz CT molecular complexity index is 598. The Kier molecular flexibility index (Phi) is 4.11. The molecule has 0 bridgehead atoms. The van der Waals surface area contributed by atoms with Crippen LogP contribution in [0.3, 0.4) is 0 Å². The van der Waals surface area contributed by atoms with Gasteiger partial charge in [-0.3, -0.25) is 4.98 Å². The maximum Gasteiger partial charge on any atom is 0.337 e. The molecule has 0 aliphatic heterocycles. The number of pyridine rings is 1. The van der Waals surface area contributed by atoms with Gasteiger partial charge in [0.05, 0.1) is 11.8 Å². The molecule has 0 aliphatic carbocycles. The van der Waals surface area contributed by atoms with E-state index in [1.54, 1.807) is 6.07 Å². The molecule has 0 fully saturated rings. The van der Waals surface area contributed by atoms with Crippen molar-refractivity contribution >= 4 is 21.9 Å². The van der Waals surface area contributed by atoms with Gasteiger partial charge in [-0.15, -0.1) is 0 Å². The van der Waals surface area contributed by atoms with Crippen molar-refractivity contribution in [1.82, 2.24) is 4.98 Å². The Morgan fingerprint density at radius 3 is 2.79 bits per heavy atom. The van der Waals surface area contributed by atoms with Crippen LogP contribution < -0.4 is 4.74 Å². The molecule has 1 N–H and O–H groups in total. The normalized spacial score (nSPS) is 10.2. The number of benzene rings is 1. The molecule has 1 heterocycles. The number of carbonyl (C=O) groups is 1. The standard InChI is InChI=1S/C13H9BrFNO3/c14-10-1-8(2-11(15)4-10)7-19-12-3-9(13(17)18)5-16-6-12/h1-6H,7H2,(H,17,18). The van der Waals surface area contributed by atoms with Crippen LogP contribution in [-0.4, -0.2) is 16.1 Å². The largest absolute Gasteiger partial charge is 0.487 e. The van der Waals surface area contributed by atoms with Gasteiger partial charge in [0.2, 0.25) is 0 Å². The predicted molar refractivity (Wildman–Crippen MR) is 69.6 cm³/mol. The lowest BCUT2D eigenvalue weighted by Gasteiger charge is -2.07. The molecule has 0 saturated carbocycles. The van der Waals surface area contributed by atoms with Gasteiger partial charge in [-0.1, -0.05) is 15.9 Å². The first-order chi connectivity index (χ1) is 9.04. The molecule has 98 valence electrons. The van der Waals surface area contributed by atoms with E-state index in [1.807, 2.05) is 0 Å². The third-order valence-corrected chi connectivity index (χ3v) is 2.75. The molecule has 0 saturated heterocycles. The Balaban J connectivity index is 2.10. The van der Waals surface area contributed by atoms with E-state index in [1.165, 1.54) is 30.6 Å². The predicted octanol–water partition coefficient (Wildman–Crippen LogP) is 3.26. The van der Waals surface area contributed by atoms with Crippen molar-refractivity contribution in [2.24, 2.45) is 0 Å². The van der Waals surface area contributed by atoms with Crippen molar-refractivity contribution in [2.45, 2.75) is 6.61 Å². The molecule has 0 spiro atoms. The number of hydrogen-bond donors (Lipinski definition) is 1. The maximum absolute atomic E-state index is 13.1. The first-order valence-corrected chi connectivity index (χ1v) is 6.10. The Hall–Kier alpha value is -1.95. The maximum atomic E-state index is 13.1. The number of nitrogens with zero attached hydrogens (tertiary/aromatic N) is 1. The fourth-order valence-corrected chi connectivity index (χ4v) is 1.99. The first-order valence-electron chi connectivity index (χ1n) is 5.31. The Labute approximate surface area is 117 Å². The zero-order valence-corrected chi connectivity index (χ0v) is 11.2. The van der Waals surface area contributed by atoms with Crippen molar-refractivity contribution in [2.75, 3.05) is 0 Å². The molecule has 0 aliphatic rings. The lowest BCUT2D eigenvalue weighted by atomic mass is 10.2. The summed E-state index contributed by atoms with van der Waals surface area (Å²) in [5.41, 5.74) is 0.672. The van der Waals surface area contributed by atoms with Gasteiger partial charge in [-0.05, 0) is 29.8 Å². The summed E-state index contributed by atoms with van der Waals surface area (Å²) >= 11 is 3.18. The van der Waals surface area contributed by atoms with Crippen LogP contribution in [0.5, 0.6) is 5.75 Å². The summed E-state index contributed by atoms with van der Waals surface area (Å²) in [5.74, 6) is -1.13. The SMILES string of the molecule is O=C(O)c1cncc(OCc2cc(F)cc(Br)c2)c1. The van der Waals surface area contributed by atoms with Gasteiger partial charge in [0.25, 0.3) is 0 Å². The third kappa shape index (κ3) is 3.75. The lowest BCUT2D eigenvalue weighted by molar-refractivity contribution is 0.0696. The van der Waals surface area contributed by atoms with Crippen LogP contribution in [0.15, 0.2) is 41.1 Å². The highest BCUT2D eigenvalue weighted by molar-refractivity contribution is 9.10. The monoisotopic (exact) mass is 325 g/mol. The van der Waals surface area contributed by atoms with Gasteiger partial charge in [0.15, 0.2) is 0 Å². The number of aromatic nitrogens is 1. The topological polar surface area (TPSA) is 59.4 Å². The Morgan fingerprint density at radius 2 is 2.11 bits per heavy atom. The molecule has 0 amide bonds. The average Bonchev–Trinajstić information content (AvgIpc) is 2.35. The molecule has 4 nitrogen and oxygen atoms in total. The minimum atomic E-state index is -1.08. The van der Waals surface area contributed by atoms with Gasteiger partial charge >= 0.3 is 5.97 Å². The van der Waals surface area contributed by atoms with Crippen LogP contribution in [0, 0.1) is 5.82 Å². The number of halogens is 2. The molecule has 0 unspecified atom stereocenters. The molecule has 6 heteroatoms. The number of rotatable bonds is 4. The van der Waals surface area contributed by atoms with Crippen molar-refractivity contribution in [3.63, 3.8) is 0 Å². The van der Waals surface area contributed by atoms with Gasteiger partial charge in [-0.25, -0.2) is 9.18 Å². The molecule has 1 aromatic carbocycles. The molecule has 0 atom stereocenters. The fourth-order valence-electron chi connectivity index (χ4n) is 1.48. The highest BCUT2D eigenvalue weighted by atomic mass is 79.9. The molecule has 19 heavy (non-hydrogen) atoms. The molecule has 2 rings (SSSR count). The van der Waals surface area contributed by atoms with Crippen LogP contribution in [0.4, 0.5) is 4.39 Å². The summed E-state index contributed by atoms with van der Waals surface area (Å²) in [6, 6.07) is 5.77. The van der Waals surface area contributed by atoms with Gasteiger partial charge in [-0.2, -0.15) is 0 Å². The Morgan fingerprint density at radius 1 is 1.32 bits per heavy atom. The minimum Gasteiger partial charge on any atom is -0.487 e. The zero-order valence-electron chi connectivity index (χ0n) is 9.64. The highest BCUT2D eigenvalue weighted by Crippen LogP contribution is 2.18. The summed E-state index contributed by atoms with van der Waals surface area (Å²) in [5, 5.41) is 8.82. The van der Waals surface area contributed by atoms with E-state index in [0.717, 1.165) is 0 Å². The number of hydrogen-bond acceptors (Lipinski definition) is 3. The van der Waals surface area contributed by atoms with Gasteiger partial charge in [0.1, 0.15) is 18.2 Å². The molecule has 0 radical (unpaired) electrons. The third-order valence-electron chi connectivity index (χ3n) is 2.29.